The number of aromatic nitrogens is 2. The number of nitrogens with two attached hydrogens (primary N) is 1. The maximum atomic E-state index is 11.0. The molecule has 2 aromatic heterocycles. The minimum atomic E-state index is -0.562. The molecule has 5 rings (SSSR count). The van der Waals surface area contributed by atoms with Crippen LogP contribution >= 0.6 is 11.3 Å². The Morgan fingerprint density at radius 2 is 1.90 bits per heavy atom. The molecule has 3 heterocycles. The molecule has 1 saturated heterocycles. The van der Waals surface area contributed by atoms with Crippen LogP contribution in [0.3, 0.4) is 0 Å². The number of thiazole rings is 1. The van der Waals surface area contributed by atoms with Crippen molar-refractivity contribution in [3.8, 4) is 11.3 Å². The van der Waals surface area contributed by atoms with E-state index in [1.165, 1.54) is 61.1 Å². The SMILES string of the molecule is NC(=O)Nc1ccc(-c2cn3c(n2)sc2cc(CCCN4CCCCC4)ccc23)cc1. The lowest BCUT2D eigenvalue weighted by molar-refractivity contribution is 0.226. The first-order chi connectivity index (χ1) is 15.2. The monoisotopic (exact) mass is 433 g/mol. The third-order valence-corrected chi connectivity index (χ3v) is 7.01. The lowest BCUT2D eigenvalue weighted by Crippen LogP contribution is -2.30. The number of hydrogen-bond donors (Lipinski definition) is 2. The third-order valence-electron chi connectivity index (χ3n) is 6.00. The molecular formula is C24H27N5OS. The van der Waals surface area contributed by atoms with E-state index in [-0.39, 0.29) is 0 Å². The standard InChI is InChI=1S/C24H27N5OS/c25-23(30)26-19-9-7-18(8-10-19)20-16-29-21-11-6-17(15-22(21)31-24(29)27-20)5-4-14-28-12-2-1-3-13-28/h6-11,15-16H,1-5,12-14H2,(H3,25,26,30). The van der Waals surface area contributed by atoms with Crippen molar-refractivity contribution in [1.29, 1.82) is 0 Å². The molecule has 4 aromatic rings. The summed E-state index contributed by atoms with van der Waals surface area (Å²) in [5, 5.41) is 2.58. The molecule has 0 radical (unpaired) electrons. The van der Waals surface area contributed by atoms with Crippen molar-refractivity contribution in [2.24, 2.45) is 5.73 Å². The maximum Gasteiger partial charge on any atom is 0.316 e. The van der Waals surface area contributed by atoms with Gasteiger partial charge in [-0.2, -0.15) is 0 Å². The summed E-state index contributed by atoms with van der Waals surface area (Å²) in [5.41, 5.74) is 10.4. The normalized spacial score (nSPS) is 15.0. The zero-order valence-electron chi connectivity index (χ0n) is 17.5. The number of urea groups is 1. The molecule has 31 heavy (non-hydrogen) atoms. The Morgan fingerprint density at radius 3 is 2.68 bits per heavy atom. The van der Waals surface area contributed by atoms with Crippen LogP contribution in [0.25, 0.3) is 26.4 Å². The molecule has 1 fully saturated rings. The summed E-state index contributed by atoms with van der Waals surface area (Å²) in [4.78, 5) is 19.4. The average molecular weight is 434 g/mol. The lowest BCUT2D eigenvalue weighted by Gasteiger charge is -2.26. The van der Waals surface area contributed by atoms with Gasteiger partial charge in [-0.05, 0) is 75.1 Å². The highest BCUT2D eigenvalue weighted by Crippen LogP contribution is 2.30. The number of nitrogens with one attached hydrogen (secondary N) is 1. The van der Waals surface area contributed by atoms with E-state index < -0.39 is 6.03 Å². The Hall–Kier alpha value is -2.90. The van der Waals surface area contributed by atoms with Gasteiger partial charge in [0.1, 0.15) is 0 Å². The number of aryl methyl sites for hydroxylation is 1. The van der Waals surface area contributed by atoms with Crippen molar-refractivity contribution < 1.29 is 4.79 Å². The van der Waals surface area contributed by atoms with Crippen LogP contribution in [0.4, 0.5) is 10.5 Å². The molecule has 2 aromatic carbocycles. The van der Waals surface area contributed by atoms with E-state index in [9.17, 15) is 4.79 Å². The summed E-state index contributed by atoms with van der Waals surface area (Å²) >= 11 is 1.73. The van der Waals surface area contributed by atoms with Crippen molar-refractivity contribution in [3.05, 3.63) is 54.2 Å². The zero-order valence-corrected chi connectivity index (χ0v) is 18.3. The molecule has 0 bridgehead atoms. The number of benzene rings is 2. The molecule has 160 valence electrons. The number of carbonyl (C=O) groups is 1. The van der Waals surface area contributed by atoms with E-state index in [1.54, 1.807) is 11.3 Å². The predicted molar refractivity (Wildman–Crippen MR) is 128 cm³/mol. The summed E-state index contributed by atoms with van der Waals surface area (Å²) < 4.78 is 3.45. The first-order valence-corrected chi connectivity index (χ1v) is 11.8. The molecule has 0 unspecified atom stereocenters. The average Bonchev–Trinajstić information content (AvgIpc) is 3.32. The van der Waals surface area contributed by atoms with Crippen molar-refractivity contribution in [2.45, 2.75) is 32.1 Å². The largest absolute Gasteiger partial charge is 0.351 e. The first kappa shape index (κ1) is 20.0. The number of anilines is 1. The van der Waals surface area contributed by atoms with Crippen LogP contribution < -0.4 is 11.1 Å². The van der Waals surface area contributed by atoms with Crippen LogP contribution in [-0.2, 0) is 6.42 Å². The summed E-state index contributed by atoms with van der Waals surface area (Å²) in [6.07, 6.45) is 8.55. The summed E-state index contributed by atoms with van der Waals surface area (Å²) in [7, 11) is 0. The van der Waals surface area contributed by atoms with E-state index in [1.807, 2.05) is 24.3 Å². The second kappa shape index (κ2) is 8.69. The highest BCUT2D eigenvalue weighted by molar-refractivity contribution is 7.23. The number of amides is 2. The first-order valence-electron chi connectivity index (χ1n) is 11.0. The number of hydrogen-bond acceptors (Lipinski definition) is 4. The number of piperidine rings is 1. The van der Waals surface area contributed by atoms with Crippen LogP contribution in [-0.4, -0.2) is 39.9 Å². The van der Waals surface area contributed by atoms with Crippen molar-refractivity contribution in [1.82, 2.24) is 14.3 Å². The number of imidazole rings is 1. The molecule has 0 saturated carbocycles. The topological polar surface area (TPSA) is 75.7 Å². The van der Waals surface area contributed by atoms with Gasteiger partial charge in [-0.1, -0.05) is 36.0 Å². The zero-order chi connectivity index (χ0) is 21.2. The molecule has 6 nitrogen and oxygen atoms in total. The Morgan fingerprint density at radius 1 is 1.10 bits per heavy atom. The van der Waals surface area contributed by atoms with E-state index in [0.29, 0.717) is 5.69 Å². The summed E-state index contributed by atoms with van der Waals surface area (Å²) in [6.45, 7) is 3.75. The Labute approximate surface area is 185 Å². The molecule has 0 aliphatic carbocycles. The summed E-state index contributed by atoms with van der Waals surface area (Å²) in [5.74, 6) is 0. The molecule has 3 N–H and O–H groups in total. The molecule has 0 spiro atoms. The highest BCUT2D eigenvalue weighted by Gasteiger charge is 2.12. The van der Waals surface area contributed by atoms with Crippen molar-refractivity contribution >= 4 is 38.2 Å². The Kier molecular flexibility index (Phi) is 5.61. The van der Waals surface area contributed by atoms with Gasteiger partial charge in [0.15, 0.2) is 4.96 Å². The maximum absolute atomic E-state index is 11.0. The number of primary amides is 1. The second-order valence-electron chi connectivity index (χ2n) is 8.26. The van der Waals surface area contributed by atoms with Gasteiger partial charge in [-0.25, -0.2) is 9.78 Å². The molecular weight excluding hydrogens is 406 g/mol. The van der Waals surface area contributed by atoms with Gasteiger partial charge in [0.05, 0.1) is 15.9 Å². The quantitative estimate of drug-likeness (QED) is 0.443. The number of nitrogens with zero attached hydrogens (tertiary/aromatic N) is 3. The molecule has 1 aliphatic heterocycles. The van der Waals surface area contributed by atoms with E-state index in [2.05, 4.69) is 39.0 Å². The minimum absolute atomic E-state index is 0.562. The van der Waals surface area contributed by atoms with Crippen LogP contribution in [0.15, 0.2) is 48.7 Å². The van der Waals surface area contributed by atoms with Gasteiger partial charge >= 0.3 is 6.03 Å². The molecule has 7 heteroatoms. The van der Waals surface area contributed by atoms with E-state index in [0.717, 1.165) is 22.6 Å². The van der Waals surface area contributed by atoms with E-state index in [4.69, 9.17) is 10.7 Å². The van der Waals surface area contributed by atoms with Crippen molar-refractivity contribution in [2.75, 3.05) is 25.0 Å². The van der Waals surface area contributed by atoms with Crippen LogP contribution in [0.2, 0.25) is 0 Å². The number of rotatable bonds is 6. The lowest BCUT2D eigenvalue weighted by atomic mass is 10.1. The minimum Gasteiger partial charge on any atom is -0.351 e. The van der Waals surface area contributed by atoms with Crippen LogP contribution in [0.5, 0.6) is 0 Å². The number of likely N-dealkylation sites (tertiary alicyclic amines) is 1. The van der Waals surface area contributed by atoms with Gasteiger partial charge in [-0.3, -0.25) is 4.40 Å². The van der Waals surface area contributed by atoms with Gasteiger partial charge in [-0.15, -0.1) is 0 Å². The Balaban J connectivity index is 1.30. The van der Waals surface area contributed by atoms with Crippen LogP contribution in [0, 0.1) is 0 Å². The number of carbonyl (C=O) groups excluding carboxylic acids is 1. The second-order valence-corrected chi connectivity index (χ2v) is 9.26. The number of fused-ring (bicyclic) bond motifs is 3. The fraction of sp³-hybridized carbons (Fsp3) is 0.333. The Bertz CT molecular complexity index is 1200. The van der Waals surface area contributed by atoms with Crippen LogP contribution in [0.1, 0.15) is 31.2 Å². The molecule has 1 aliphatic rings. The van der Waals surface area contributed by atoms with Gasteiger partial charge < -0.3 is 16.0 Å². The summed E-state index contributed by atoms with van der Waals surface area (Å²) in [6, 6.07) is 13.8. The highest BCUT2D eigenvalue weighted by atomic mass is 32.1. The third kappa shape index (κ3) is 4.43. The van der Waals surface area contributed by atoms with E-state index >= 15 is 0 Å². The predicted octanol–water partition coefficient (Wildman–Crippen LogP) is 5.13. The molecule has 0 atom stereocenters. The molecule has 2 amide bonds. The smallest absolute Gasteiger partial charge is 0.316 e. The van der Waals surface area contributed by atoms with Gasteiger partial charge in [0.2, 0.25) is 0 Å². The van der Waals surface area contributed by atoms with Crippen molar-refractivity contribution in [3.63, 3.8) is 0 Å². The van der Waals surface area contributed by atoms with Gasteiger partial charge in [0.25, 0.3) is 0 Å². The van der Waals surface area contributed by atoms with Gasteiger partial charge in [0, 0.05) is 17.4 Å². The fourth-order valence-electron chi connectivity index (χ4n) is 4.40. The fourth-order valence-corrected chi connectivity index (χ4v) is 5.47.